The maximum atomic E-state index is 12.5. The highest BCUT2D eigenvalue weighted by Crippen LogP contribution is 2.28. The number of carbonyl (C=O) groups excluding carboxylic acids is 1. The lowest BCUT2D eigenvalue weighted by molar-refractivity contribution is 0.0996. The first kappa shape index (κ1) is 14.6. The predicted octanol–water partition coefficient (Wildman–Crippen LogP) is 2.44. The van der Waals surface area contributed by atoms with E-state index in [1.807, 2.05) is 0 Å². The Kier molecular flexibility index (Phi) is 3.42. The molecule has 0 saturated carbocycles. The van der Waals surface area contributed by atoms with Crippen LogP contribution in [-0.4, -0.2) is 19.3 Å². The first-order chi connectivity index (χ1) is 10.4. The van der Waals surface area contributed by atoms with Gasteiger partial charge in [-0.3, -0.25) is 9.52 Å². The highest BCUT2D eigenvalue weighted by Gasteiger charge is 2.20. The Hall–Kier alpha value is -2.32. The number of fused-ring (bicyclic) bond motifs is 1. The molecule has 0 aliphatic carbocycles. The van der Waals surface area contributed by atoms with Crippen LogP contribution in [0.15, 0.2) is 39.9 Å². The van der Waals surface area contributed by atoms with Crippen LogP contribution < -0.4 is 10.5 Å². The summed E-state index contributed by atoms with van der Waals surface area (Å²) in [5.41, 5.74) is 7.06. The van der Waals surface area contributed by atoms with Crippen molar-refractivity contribution in [2.45, 2.75) is 11.1 Å². The fourth-order valence-electron chi connectivity index (χ4n) is 2.20. The minimum Gasteiger partial charge on any atom is -0.364 e. The molecule has 0 aliphatic heterocycles. The number of thiophene rings is 1. The van der Waals surface area contributed by atoms with Crippen molar-refractivity contribution in [3.8, 4) is 0 Å². The van der Waals surface area contributed by atoms with Crippen LogP contribution in [0.4, 0.5) is 5.69 Å². The van der Waals surface area contributed by atoms with Crippen molar-refractivity contribution in [1.82, 2.24) is 4.98 Å². The average molecular weight is 335 g/mol. The maximum Gasteiger partial charge on any atom is 0.271 e. The molecule has 1 aromatic carbocycles. The molecule has 0 fully saturated rings. The molecule has 0 radical (unpaired) electrons. The first-order valence-electron chi connectivity index (χ1n) is 6.37. The summed E-state index contributed by atoms with van der Waals surface area (Å²) in [4.78, 5) is 14.1. The lowest BCUT2D eigenvalue weighted by Crippen LogP contribution is -2.13. The van der Waals surface area contributed by atoms with Gasteiger partial charge in [0.15, 0.2) is 0 Å². The monoisotopic (exact) mass is 335 g/mol. The van der Waals surface area contributed by atoms with Gasteiger partial charge in [0.25, 0.3) is 15.9 Å². The number of aromatic amines is 1. The maximum absolute atomic E-state index is 12.5. The zero-order valence-electron chi connectivity index (χ0n) is 11.6. The Balaban J connectivity index is 2.08. The highest BCUT2D eigenvalue weighted by molar-refractivity contribution is 7.94. The van der Waals surface area contributed by atoms with Crippen molar-refractivity contribution in [2.75, 3.05) is 4.72 Å². The Morgan fingerprint density at radius 3 is 2.73 bits per heavy atom. The van der Waals surface area contributed by atoms with Crippen molar-refractivity contribution in [2.24, 2.45) is 5.73 Å². The molecule has 114 valence electrons. The second-order valence-electron chi connectivity index (χ2n) is 4.81. The quantitative estimate of drug-likeness (QED) is 0.682. The molecule has 0 saturated heterocycles. The van der Waals surface area contributed by atoms with E-state index in [1.54, 1.807) is 42.6 Å². The largest absolute Gasteiger partial charge is 0.364 e. The van der Waals surface area contributed by atoms with Gasteiger partial charge in [0, 0.05) is 5.39 Å². The molecular weight excluding hydrogens is 322 g/mol. The number of nitrogens with one attached hydrogen (secondary N) is 2. The Labute approximate surface area is 131 Å². The molecule has 3 rings (SSSR count). The number of benzene rings is 1. The first-order valence-corrected chi connectivity index (χ1v) is 8.73. The van der Waals surface area contributed by atoms with Crippen LogP contribution >= 0.6 is 11.3 Å². The molecule has 0 atom stereocenters. The molecule has 2 heterocycles. The Morgan fingerprint density at radius 2 is 2.09 bits per heavy atom. The molecule has 0 unspecified atom stereocenters. The smallest absolute Gasteiger partial charge is 0.271 e. The topological polar surface area (TPSA) is 105 Å². The zero-order valence-corrected chi connectivity index (χ0v) is 13.2. The van der Waals surface area contributed by atoms with Crippen LogP contribution in [0, 0.1) is 6.92 Å². The number of hydrogen-bond donors (Lipinski definition) is 3. The van der Waals surface area contributed by atoms with Crippen molar-refractivity contribution in [3.05, 3.63) is 47.0 Å². The average Bonchev–Trinajstić information content (AvgIpc) is 3.05. The van der Waals surface area contributed by atoms with Crippen LogP contribution in [0.5, 0.6) is 0 Å². The number of sulfonamides is 1. The van der Waals surface area contributed by atoms with Gasteiger partial charge in [0.2, 0.25) is 0 Å². The van der Waals surface area contributed by atoms with Crippen LogP contribution in [0.3, 0.4) is 0 Å². The number of aromatic nitrogens is 1. The summed E-state index contributed by atoms with van der Waals surface area (Å²) in [5.74, 6) is -0.598. The second-order valence-corrected chi connectivity index (χ2v) is 7.61. The number of rotatable bonds is 4. The zero-order chi connectivity index (χ0) is 15.9. The van der Waals surface area contributed by atoms with Crippen molar-refractivity contribution < 1.29 is 13.2 Å². The van der Waals surface area contributed by atoms with Crippen molar-refractivity contribution in [1.29, 1.82) is 0 Å². The van der Waals surface area contributed by atoms with E-state index in [1.165, 1.54) is 0 Å². The van der Waals surface area contributed by atoms with E-state index in [-0.39, 0.29) is 9.90 Å². The van der Waals surface area contributed by atoms with Gasteiger partial charge in [-0.1, -0.05) is 12.1 Å². The summed E-state index contributed by atoms with van der Waals surface area (Å²) in [6.45, 7) is 1.74. The predicted molar refractivity (Wildman–Crippen MR) is 86.7 cm³/mol. The lowest BCUT2D eigenvalue weighted by Gasteiger charge is -2.08. The number of anilines is 1. The number of nitrogens with two attached hydrogens (primary N) is 1. The highest BCUT2D eigenvalue weighted by atomic mass is 32.2. The van der Waals surface area contributed by atoms with E-state index < -0.39 is 15.9 Å². The molecule has 4 N–H and O–H groups in total. The van der Waals surface area contributed by atoms with E-state index >= 15 is 0 Å². The van der Waals surface area contributed by atoms with Crippen LogP contribution in [0.25, 0.3) is 10.9 Å². The summed E-state index contributed by atoms with van der Waals surface area (Å²) in [6, 6.07) is 8.45. The van der Waals surface area contributed by atoms with Gasteiger partial charge in [-0.15, -0.1) is 11.3 Å². The molecule has 22 heavy (non-hydrogen) atoms. The lowest BCUT2D eigenvalue weighted by atomic mass is 10.2. The SMILES string of the molecule is Cc1ccsc1S(=O)(=O)Nc1cccc2cc(C(N)=O)[nH]c12. The third kappa shape index (κ3) is 2.46. The molecule has 6 nitrogen and oxygen atoms in total. The minimum absolute atomic E-state index is 0.231. The summed E-state index contributed by atoms with van der Waals surface area (Å²) in [6.07, 6.45) is 0. The van der Waals surface area contributed by atoms with E-state index in [0.29, 0.717) is 22.2 Å². The van der Waals surface area contributed by atoms with Gasteiger partial charge in [-0.05, 0) is 36.1 Å². The van der Waals surface area contributed by atoms with Gasteiger partial charge in [0.1, 0.15) is 9.90 Å². The molecule has 0 aliphatic rings. The fraction of sp³-hybridized carbons (Fsp3) is 0.0714. The van der Waals surface area contributed by atoms with Gasteiger partial charge in [-0.25, -0.2) is 8.42 Å². The van der Waals surface area contributed by atoms with E-state index in [4.69, 9.17) is 5.73 Å². The van der Waals surface area contributed by atoms with Crippen LogP contribution in [-0.2, 0) is 10.0 Å². The second kappa shape index (κ2) is 5.15. The third-order valence-electron chi connectivity index (χ3n) is 3.23. The Bertz CT molecular complexity index is 970. The van der Waals surface area contributed by atoms with Gasteiger partial charge >= 0.3 is 0 Å². The summed E-state index contributed by atoms with van der Waals surface area (Å²) in [5, 5.41) is 2.43. The minimum atomic E-state index is -3.67. The molecular formula is C14H13N3O3S2. The van der Waals surface area contributed by atoms with Crippen molar-refractivity contribution in [3.63, 3.8) is 0 Å². The molecule has 0 bridgehead atoms. The van der Waals surface area contributed by atoms with Gasteiger partial charge in [0.05, 0.1) is 11.2 Å². The number of aryl methyl sites for hydroxylation is 1. The number of amides is 1. The van der Waals surface area contributed by atoms with Gasteiger partial charge < -0.3 is 10.7 Å². The number of primary amides is 1. The number of para-hydroxylation sites is 1. The van der Waals surface area contributed by atoms with Crippen molar-refractivity contribution >= 4 is 43.9 Å². The molecule has 2 aromatic heterocycles. The molecule has 3 aromatic rings. The third-order valence-corrected chi connectivity index (χ3v) is 6.28. The van der Waals surface area contributed by atoms with E-state index in [2.05, 4.69) is 9.71 Å². The van der Waals surface area contributed by atoms with Crippen LogP contribution in [0.1, 0.15) is 16.1 Å². The summed E-state index contributed by atoms with van der Waals surface area (Å²) < 4.78 is 27.7. The normalized spacial score (nSPS) is 11.7. The molecule has 0 spiro atoms. The molecule has 1 amide bonds. The molecule has 8 heteroatoms. The number of carbonyl (C=O) groups is 1. The van der Waals surface area contributed by atoms with Crippen LogP contribution in [0.2, 0.25) is 0 Å². The summed E-state index contributed by atoms with van der Waals surface area (Å²) in [7, 11) is -3.67. The van der Waals surface area contributed by atoms with E-state index in [9.17, 15) is 13.2 Å². The number of H-pyrrole nitrogens is 1. The van der Waals surface area contributed by atoms with E-state index in [0.717, 1.165) is 11.3 Å². The Morgan fingerprint density at radius 1 is 1.32 bits per heavy atom. The standard InChI is InChI=1S/C14H13N3O3S2/c1-8-5-6-21-14(8)22(19,20)17-10-4-2-3-9-7-11(13(15)18)16-12(9)10/h2-7,16-17H,1H3,(H2,15,18). The van der Waals surface area contributed by atoms with Gasteiger partial charge in [-0.2, -0.15) is 0 Å². The summed E-state index contributed by atoms with van der Waals surface area (Å²) >= 11 is 1.16. The number of hydrogen-bond acceptors (Lipinski definition) is 4. The fourth-order valence-corrected chi connectivity index (χ4v) is 4.69.